The van der Waals surface area contributed by atoms with E-state index < -0.39 is 0 Å². The second-order valence-corrected chi connectivity index (χ2v) is 5.66. The van der Waals surface area contributed by atoms with Crippen LogP contribution in [0.1, 0.15) is 48.2 Å². The molecular formula is C14H21N3O. The van der Waals surface area contributed by atoms with Crippen molar-refractivity contribution in [1.82, 2.24) is 9.78 Å². The van der Waals surface area contributed by atoms with E-state index in [-0.39, 0.29) is 0 Å². The number of carbonyl (C=O) groups excluding carboxylic acids is 1. The largest absolute Gasteiger partial charge is 0.353 e. The van der Waals surface area contributed by atoms with E-state index in [0.29, 0.717) is 6.04 Å². The van der Waals surface area contributed by atoms with Crippen molar-refractivity contribution in [2.45, 2.75) is 45.1 Å². The number of aromatic nitrogens is 2. The van der Waals surface area contributed by atoms with Gasteiger partial charge in [0.05, 0.1) is 11.3 Å². The Kier molecular flexibility index (Phi) is 2.88. The Bertz CT molecular complexity index is 466. The molecule has 0 aromatic carbocycles. The Morgan fingerprint density at radius 3 is 2.83 bits per heavy atom. The highest BCUT2D eigenvalue weighted by molar-refractivity contribution is 5.85. The van der Waals surface area contributed by atoms with Gasteiger partial charge in [-0.15, -0.1) is 0 Å². The van der Waals surface area contributed by atoms with Crippen LogP contribution >= 0.6 is 0 Å². The molecule has 2 atom stereocenters. The molecule has 4 nitrogen and oxygen atoms in total. The van der Waals surface area contributed by atoms with Crippen LogP contribution in [-0.4, -0.2) is 28.7 Å². The molecule has 2 unspecified atom stereocenters. The zero-order chi connectivity index (χ0) is 12.7. The van der Waals surface area contributed by atoms with Gasteiger partial charge < -0.3 is 4.90 Å². The van der Waals surface area contributed by atoms with Crippen molar-refractivity contribution in [3.05, 3.63) is 11.3 Å². The van der Waals surface area contributed by atoms with Gasteiger partial charge in [0.25, 0.3) is 0 Å². The Labute approximate surface area is 108 Å². The molecule has 18 heavy (non-hydrogen) atoms. The van der Waals surface area contributed by atoms with Crippen LogP contribution in [-0.2, 0) is 7.05 Å². The summed E-state index contributed by atoms with van der Waals surface area (Å²) in [5.74, 6) is 1.87. The average molecular weight is 247 g/mol. The lowest BCUT2D eigenvalue weighted by atomic mass is 9.91. The van der Waals surface area contributed by atoms with Gasteiger partial charge in [-0.1, -0.05) is 6.42 Å². The molecule has 2 heterocycles. The zero-order valence-corrected chi connectivity index (χ0v) is 11.2. The highest BCUT2D eigenvalue weighted by Gasteiger charge is 2.37. The fourth-order valence-corrected chi connectivity index (χ4v) is 3.86. The Morgan fingerprint density at radius 1 is 1.28 bits per heavy atom. The van der Waals surface area contributed by atoms with Crippen LogP contribution in [0.15, 0.2) is 0 Å². The lowest BCUT2D eigenvalue weighted by Gasteiger charge is -2.39. The lowest BCUT2D eigenvalue weighted by molar-refractivity contribution is 0.112. The molecule has 1 saturated heterocycles. The number of hydrogen-bond acceptors (Lipinski definition) is 3. The molecule has 3 rings (SSSR count). The fraction of sp³-hybridized carbons (Fsp3) is 0.714. The Morgan fingerprint density at radius 2 is 2.06 bits per heavy atom. The van der Waals surface area contributed by atoms with Crippen molar-refractivity contribution >= 4 is 12.1 Å². The van der Waals surface area contributed by atoms with Crippen LogP contribution in [0.25, 0.3) is 0 Å². The summed E-state index contributed by atoms with van der Waals surface area (Å²) in [6.45, 7) is 2.99. The van der Waals surface area contributed by atoms with Crippen LogP contribution in [0.2, 0.25) is 0 Å². The third-order valence-electron chi connectivity index (χ3n) is 4.62. The van der Waals surface area contributed by atoms with Crippen molar-refractivity contribution in [1.29, 1.82) is 0 Å². The second-order valence-electron chi connectivity index (χ2n) is 5.66. The van der Waals surface area contributed by atoms with Crippen molar-refractivity contribution in [2.75, 3.05) is 11.4 Å². The molecule has 0 spiro atoms. The second kappa shape index (κ2) is 4.41. The van der Waals surface area contributed by atoms with Gasteiger partial charge in [-0.05, 0) is 38.5 Å². The zero-order valence-electron chi connectivity index (χ0n) is 11.2. The summed E-state index contributed by atoms with van der Waals surface area (Å²) >= 11 is 0. The summed E-state index contributed by atoms with van der Waals surface area (Å²) in [5, 5.41) is 4.41. The standard InChI is InChI=1S/C14H21N3O/c1-10-12(9-18)14(16(2)15-10)17-8-4-6-11-5-3-7-13(11)17/h9,11,13H,3-8H2,1-2H3. The maximum absolute atomic E-state index is 11.3. The molecule has 2 fully saturated rings. The van der Waals surface area contributed by atoms with Crippen LogP contribution in [0.5, 0.6) is 0 Å². The topological polar surface area (TPSA) is 38.1 Å². The van der Waals surface area contributed by atoms with Crippen LogP contribution < -0.4 is 4.90 Å². The molecule has 0 bridgehead atoms. The van der Waals surface area contributed by atoms with Crippen molar-refractivity contribution in [2.24, 2.45) is 13.0 Å². The quantitative estimate of drug-likeness (QED) is 0.753. The maximum Gasteiger partial charge on any atom is 0.155 e. The van der Waals surface area contributed by atoms with Crippen molar-refractivity contribution < 1.29 is 4.79 Å². The number of anilines is 1. The number of hydrogen-bond donors (Lipinski definition) is 0. The maximum atomic E-state index is 11.3. The van der Waals surface area contributed by atoms with E-state index in [4.69, 9.17) is 0 Å². The van der Waals surface area contributed by atoms with Gasteiger partial charge >= 0.3 is 0 Å². The Hall–Kier alpha value is -1.32. The van der Waals surface area contributed by atoms with E-state index in [0.717, 1.165) is 35.8 Å². The van der Waals surface area contributed by atoms with E-state index in [1.165, 1.54) is 32.1 Å². The number of nitrogens with zero attached hydrogens (tertiary/aromatic N) is 3. The van der Waals surface area contributed by atoms with Crippen LogP contribution in [0.3, 0.4) is 0 Å². The number of piperidine rings is 1. The third-order valence-corrected chi connectivity index (χ3v) is 4.62. The molecule has 1 aromatic heterocycles. The van der Waals surface area contributed by atoms with Gasteiger partial charge in [0.15, 0.2) is 6.29 Å². The van der Waals surface area contributed by atoms with E-state index in [2.05, 4.69) is 10.00 Å². The normalized spacial score (nSPS) is 27.3. The van der Waals surface area contributed by atoms with Gasteiger partial charge in [0.1, 0.15) is 5.82 Å². The van der Waals surface area contributed by atoms with Crippen LogP contribution in [0, 0.1) is 12.8 Å². The SMILES string of the molecule is Cc1nn(C)c(N2CCCC3CCCC32)c1C=O. The molecular weight excluding hydrogens is 226 g/mol. The molecule has 0 N–H and O–H groups in total. The first-order chi connectivity index (χ1) is 8.72. The number of aryl methyl sites for hydroxylation is 2. The number of rotatable bonds is 2. The van der Waals surface area contributed by atoms with E-state index in [1.54, 1.807) is 0 Å². The highest BCUT2D eigenvalue weighted by Crippen LogP contribution is 2.40. The Balaban J connectivity index is 2.00. The van der Waals surface area contributed by atoms with E-state index in [9.17, 15) is 4.79 Å². The molecule has 2 aliphatic rings. The fourth-order valence-electron chi connectivity index (χ4n) is 3.86. The van der Waals surface area contributed by atoms with Gasteiger partial charge in [0.2, 0.25) is 0 Å². The molecule has 1 saturated carbocycles. The molecule has 1 aliphatic carbocycles. The lowest BCUT2D eigenvalue weighted by Crippen LogP contribution is -2.44. The first-order valence-electron chi connectivity index (χ1n) is 6.97. The first kappa shape index (κ1) is 11.8. The predicted molar refractivity (Wildman–Crippen MR) is 71.0 cm³/mol. The molecule has 1 aromatic rings. The summed E-state index contributed by atoms with van der Waals surface area (Å²) in [6, 6.07) is 0.632. The van der Waals surface area contributed by atoms with Crippen LogP contribution in [0.4, 0.5) is 5.82 Å². The minimum atomic E-state index is 0.632. The minimum absolute atomic E-state index is 0.632. The number of aldehydes is 1. The third kappa shape index (κ3) is 1.66. The summed E-state index contributed by atoms with van der Waals surface area (Å²) in [7, 11) is 1.95. The van der Waals surface area contributed by atoms with Gasteiger partial charge in [-0.25, -0.2) is 0 Å². The predicted octanol–water partition coefficient (Wildman–Crippen LogP) is 2.31. The summed E-state index contributed by atoms with van der Waals surface area (Å²) in [4.78, 5) is 13.8. The number of fused-ring (bicyclic) bond motifs is 1. The molecule has 0 radical (unpaired) electrons. The van der Waals surface area contributed by atoms with Crippen molar-refractivity contribution in [3.63, 3.8) is 0 Å². The summed E-state index contributed by atoms with van der Waals surface area (Å²) < 4.78 is 1.89. The smallest absolute Gasteiger partial charge is 0.155 e. The minimum Gasteiger partial charge on any atom is -0.353 e. The van der Waals surface area contributed by atoms with E-state index >= 15 is 0 Å². The monoisotopic (exact) mass is 247 g/mol. The van der Waals surface area contributed by atoms with Crippen molar-refractivity contribution in [3.8, 4) is 0 Å². The van der Waals surface area contributed by atoms with E-state index in [1.807, 2.05) is 18.7 Å². The molecule has 4 heteroatoms. The summed E-state index contributed by atoms with van der Waals surface area (Å²) in [5.41, 5.74) is 1.63. The highest BCUT2D eigenvalue weighted by atomic mass is 16.1. The first-order valence-corrected chi connectivity index (χ1v) is 6.97. The molecule has 98 valence electrons. The average Bonchev–Trinajstić information content (AvgIpc) is 2.92. The summed E-state index contributed by atoms with van der Waals surface area (Å²) in [6.07, 6.45) is 7.52. The van der Waals surface area contributed by atoms with Gasteiger partial charge in [-0.2, -0.15) is 5.10 Å². The molecule has 0 amide bonds. The van der Waals surface area contributed by atoms with Gasteiger partial charge in [-0.3, -0.25) is 9.48 Å². The molecule has 1 aliphatic heterocycles. The van der Waals surface area contributed by atoms with Gasteiger partial charge in [0, 0.05) is 19.6 Å². The number of carbonyl (C=O) groups is 1.